The number of ether oxygens (including phenoxy) is 1. The fraction of sp³-hybridized carbons (Fsp3) is 0.250. The first kappa shape index (κ1) is 16.3. The number of nitrogens with zero attached hydrogens (tertiary/aromatic N) is 2. The molecule has 1 aromatic heterocycles. The largest absolute Gasteiger partial charge is 0.476 e. The molecule has 2 heterocycles. The van der Waals surface area contributed by atoms with E-state index in [1.165, 1.54) is 4.31 Å². The molecule has 8 heteroatoms. The van der Waals surface area contributed by atoms with Gasteiger partial charge in [0.2, 0.25) is 10.0 Å². The molecule has 24 heavy (non-hydrogen) atoms. The van der Waals surface area contributed by atoms with Crippen molar-refractivity contribution >= 4 is 27.4 Å². The average Bonchev–Trinajstić information content (AvgIpc) is 2.53. The maximum absolute atomic E-state index is 12.5. The number of sulfonamides is 1. The first-order valence-corrected chi connectivity index (χ1v) is 9.17. The lowest BCUT2D eigenvalue weighted by molar-refractivity contribution is -0.122. The van der Waals surface area contributed by atoms with Gasteiger partial charge in [-0.1, -0.05) is 18.2 Å². The molecule has 1 aliphatic rings. The quantitative estimate of drug-likeness (QED) is 0.910. The van der Waals surface area contributed by atoms with Crippen LogP contribution >= 0.6 is 0 Å². The molecule has 1 aliphatic heterocycles. The van der Waals surface area contributed by atoms with Crippen LogP contribution in [-0.2, 0) is 14.8 Å². The molecule has 0 saturated heterocycles. The van der Waals surface area contributed by atoms with Crippen molar-refractivity contribution in [1.29, 1.82) is 0 Å². The predicted molar refractivity (Wildman–Crippen MR) is 90.7 cm³/mol. The minimum atomic E-state index is -3.53. The molecule has 1 atom stereocenters. The number of benzene rings is 1. The van der Waals surface area contributed by atoms with Crippen molar-refractivity contribution < 1.29 is 17.9 Å². The summed E-state index contributed by atoms with van der Waals surface area (Å²) in [5.74, 6) is 0.302. The van der Waals surface area contributed by atoms with Crippen molar-refractivity contribution in [1.82, 2.24) is 4.98 Å². The molecule has 1 unspecified atom stereocenters. The fourth-order valence-electron chi connectivity index (χ4n) is 2.47. The lowest BCUT2D eigenvalue weighted by Crippen LogP contribution is -2.48. The third-order valence-corrected chi connectivity index (χ3v) is 4.71. The Morgan fingerprint density at radius 3 is 2.71 bits per heavy atom. The lowest BCUT2D eigenvalue weighted by Gasteiger charge is -2.33. The Kier molecular flexibility index (Phi) is 4.15. The monoisotopic (exact) mass is 347 g/mol. The summed E-state index contributed by atoms with van der Waals surface area (Å²) >= 11 is 0. The van der Waals surface area contributed by atoms with Crippen LogP contribution in [0.2, 0.25) is 0 Å². The SMILES string of the molecule is Cc1cccc(NC(=O)C2CN(S(C)(=O)=O)c3ccccc3O2)n1. The molecule has 1 amide bonds. The summed E-state index contributed by atoms with van der Waals surface area (Å²) in [6, 6.07) is 12.0. The fourth-order valence-corrected chi connectivity index (χ4v) is 3.39. The van der Waals surface area contributed by atoms with Gasteiger partial charge in [0.05, 0.1) is 18.5 Å². The summed E-state index contributed by atoms with van der Waals surface area (Å²) in [6.07, 6.45) is 0.142. The number of anilines is 2. The van der Waals surface area contributed by atoms with Gasteiger partial charge in [0.1, 0.15) is 11.6 Å². The molecule has 0 aliphatic carbocycles. The number of aryl methyl sites for hydroxylation is 1. The van der Waals surface area contributed by atoms with Crippen molar-refractivity contribution in [2.45, 2.75) is 13.0 Å². The van der Waals surface area contributed by atoms with E-state index in [4.69, 9.17) is 4.74 Å². The van der Waals surface area contributed by atoms with E-state index >= 15 is 0 Å². The zero-order valence-electron chi connectivity index (χ0n) is 13.3. The van der Waals surface area contributed by atoms with Gasteiger partial charge in [-0.25, -0.2) is 13.4 Å². The van der Waals surface area contributed by atoms with Crippen molar-refractivity contribution in [3.63, 3.8) is 0 Å². The number of nitrogens with one attached hydrogen (secondary N) is 1. The second kappa shape index (κ2) is 6.12. The Balaban J connectivity index is 1.86. The van der Waals surface area contributed by atoms with Gasteiger partial charge in [-0.15, -0.1) is 0 Å². The van der Waals surface area contributed by atoms with Crippen LogP contribution in [0.15, 0.2) is 42.5 Å². The van der Waals surface area contributed by atoms with E-state index in [-0.39, 0.29) is 6.54 Å². The van der Waals surface area contributed by atoms with Crippen LogP contribution in [0, 0.1) is 6.92 Å². The van der Waals surface area contributed by atoms with Gasteiger partial charge in [-0.2, -0.15) is 0 Å². The van der Waals surface area contributed by atoms with E-state index in [1.54, 1.807) is 36.4 Å². The molecule has 0 spiro atoms. The van der Waals surface area contributed by atoms with Crippen LogP contribution < -0.4 is 14.4 Å². The van der Waals surface area contributed by atoms with Gasteiger partial charge >= 0.3 is 0 Å². The minimum absolute atomic E-state index is 0.0898. The molecule has 2 aromatic rings. The van der Waals surface area contributed by atoms with Crippen molar-refractivity contribution in [2.24, 2.45) is 0 Å². The number of aromatic nitrogens is 1. The normalized spacial score (nSPS) is 16.9. The molecule has 126 valence electrons. The van der Waals surface area contributed by atoms with Crippen molar-refractivity contribution in [2.75, 3.05) is 22.4 Å². The third kappa shape index (κ3) is 3.33. The number of pyridine rings is 1. The smallest absolute Gasteiger partial charge is 0.268 e. The van der Waals surface area contributed by atoms with Crippen LogP contribution in [0.1, 0.15) is 5.69 Å². The van der Waals surface area contributed by atoms with Gasteiger partial charge < -0.3 is 10.1 Å². The molecule has 0 fully saturated rings. The number of amides is 1. The molecular weight excluding hydrogens is 330 g/mol. The van der Waals surface area contributed by atoms with E-state index in [0.717, 1.165) is 11.9 Å². The summed E-state index contributed by atoms with van der Waals surface area (Å²) in [4.78, 5) is 16.7. The second-order valence-electron chi connectivity index (χ2n) is 5.52. The summed E-state index contributed by atoms with van der Waals surface area (Å²) < 4.78 is 30.9. The highest BCUT2D eigenvalue weighted by molar-refractivity contribution is 7.92. The number of para-hydroxylation sites is 2. The summed E-state index contributed by atoms with van der Waals surface area (Å²) in [5.41, 5.74) is 1.19. The highest BCUT2D eigenvalue weighted by Crippen LogP contribution is 2.34. The van der Waals surface area contributed by atoms with E-state index < -0.39 is 22.0 Å². The van der Waals surface area contributed by atoms with E-state index in [9.17, 15) is 13.2 Å². The van der Waals surface area contributed by atoms with Crippen molar-refractivity contribution in [3.8, 4) is 5.75 Å². The number of carbonyl (C=O) groups is 1. The first-order valence-electron chi connectivity index (χ1n) is 7.32. The summed E-state index contributed by atoms with van der Waals surface area (Å²) in [5, 5.41) is 2.66. The van der Waals surface area contributed by atoms with Gasteiger partial charge in [-0.3, -0.25) is 9.10 Å². The Morgan fingerprint density at radius 2 is 2.00 bits per heavy atom. The topological polar surface area (TPSA) is 88.6 Å². The molecule has 0 saturated carbocycles. The van der Waals surface area contributed by atoms with Crippen molar-refractivity contribution in [3.05, 3.63) is 48.2 Å². The Morgan fingerprint density at radius 1 is 1.25 bits per heavy atom. The molecular formula is C16H17N3O4S. The van der Waals surface area contributed by atoms with Gasteiger partial charge in [-0.05, 0) is 31.2 Å². The molecule has 1 N–H and O–H groups in total. The number of carbonyl (C=O) groups excluding carboxylic acids is 1. The minimum Gasteiger partial charge on any atom is -0.476 e. The Bertz CT molecular complexity index is 882. The maximum atomic E-state index is 12.5. The van der Waals surface area contributed by atoms with E-state index in [2.05, 4.69) is 10.3 Å². The van der Waals surface area contributed by atoms with Crippen LogP contribution in [0.4, 0.5) is 11.5 Å². The molecule has 1 aromatic carbocycles. The zero-order chi connectivity index (χ0) is 17.3. The molecule has 3 rings (SSSR count). The number of hydrogen-bond acceptors (Lipinski definition) is 5. The van der Waals surface area contributed by atoms with E-state index in [1.807, 2.05) is 13.0 Å². The lowest BCUT2D eigenvalue weighted by atomic mass is 10.2. The highest BCUT2D eigenvalue weighted by atomic mass is 32.2. The average molecular weight is 347 g/mol. The first-order chi connectivity index (χ1) is 11.3. The molecule has 0 radical (unpaired) electrons. The second-order valence-corrected chi connectivity index (χ2v) is 7.43. The summed E-state index contributed by atoms with van der Waals surface area (Å²) in [7, 11) is -3.53. The number of hydrogen-bond donors (Lipinski definition) is 1. The van der Waals surface area contributed by atoms with Gasteiger partial charge in [0.15, 0.2) is 6.10 Å². The molecule has 7 nitrogen and oxygen atoms in total. The number of fused-ring (bicyclic) bond motifs is 1. The van der Waals surface area contributed by atoms with Crippen LogP contribution in [0.25, 0.3) is 0 Å². The van der Waals surface area contributed by atoms with Gasteiger partial charge in [0.25, 0.3) is 5.91 Å². The van der Waals surface area contributed by atoms with E-state index in [0.29, 0.717) is 17.3 Å². The molecule has 0 bridgehead atoms. The standard InChI is InChI=1S/C16H17N3O4S/c1-11-6-5-9-15(17-11)18-16(20)14-10-19(24(2,21)22)12-7-3-4-8-13(12)23-14/h3-9,14H,10H2,1-2H3,(H,17,18,20). The zero-order valence-corrected chi connectivity index (χ0v) is 14.1. The summed E-state index contributed by atoms with van der Waals surface area (Å²) in [6.45, 7) is 1.72. The highest BCUT2D eigenvalue weighted by Gasteiger charge is 2.34. The maximum Gasteiger partial charge on any atom is 0.268 e. The third-order valence-electron chi connectivity index (χ3n) is 3.57. The Hall–Kier alpha value is -2.61. The predicted octanol–water partition coefficient (Wildman–Crippen LogP) is 1.56. The Labute approximate surface area is 140 Å². The van der Waals surface area contributed by atoms with Crippen LogP contribution in [0.5, 0.6) is 5.75 Å². The van der Waals surface area contributed by atoms with Crippen LogP contribution in [0.3, 0.4) is 0 Å². The number of rotatable bonds is 3. The van der Waals surface area contributed by atoms with Gasteiger partial charge in [0, 0.05) is 5.69 Å². The van der Waals surface area contributed by atoms with Crippen LogP contribution in [-0.4, -0.2) is 38.2 Å².